The number of rotatable bonds is 29. The number of carbonyl (C=O) groups excluding carboxylic acids is 1. The first-order valence-corrected chi connectivity index (χ1v) is 25.5. The lowest BCUT2D eigenvalue weighted by atomic mass is 9.87. The Morgan fingerprint density at radius 1 is 0.800 bits per heavy atom. The van der Waals surface area contributed by atoms with Gasteiger partial charge >= 0.3 is 23.5 Å². The van der Waals surface area contributed by atoms with Gasteiger partial charge in [0.1, 0.15) is 12.0 Å². The van der Waals surface area contributed by atoms with Crippen LogP contribution in [0.15, 0.2) is 0 Å². The molecule has 0 aromatic carbocycles. The highest BCUT2D eigenvalue weighted by atomic mass is 33.1. The molecule has 2 fully saturated rings. The maximum Gasteiger partial charge on any atom is 0.490 e. The zero-order valence-electron chi connectivity index (χ0n) is 31.9. The Morgan fingerprint density at radius 3 is 1.91 bits per heavy atom. The zero-order valence-corrected chi connectivity index (χ0v) is 36.2. The highest BCUT2D eigenvalue weighted by Crippen LogP contribution is 2.66. The van der Waals surface area contributed by atoms with Crippen LogP contribution in [-0.2, 0) is 60.1 Å². The van der Waals surface area contributed by atoms with Crippen molar-refractivity contribution in [1.29, 1.82) is 0 Å². The molecule has 1 saturated heterocycles. The van der Waals surface area contributed by atoms with Crippen molar-refractivity contribution in [3.8, 4) is 0 Å². The number of phosphoric ester groups is 1. The van der Waals surface area contributed by atoms with Gasteiger partial charge in [-0.15, -0.1) is 0 Å². The first-order chi connectivity index (χ1) is 26.0. The van der Waals surface area contributed by atoms with E-state index in [4.69, 9.17) is 48.5 Å². The number of nitrogens with two attached hydrogens (primary N) is 1. The third-order valence-corrected chi connectivity index (χ3v) is 15.1. The Morgan fingerprint density at radius 2 is 1.35 bits per heavy atom. The lowest BCUT2D eigenvalue weighted by Crippen LogP contribution is -2.36. The Kier molecular flexibility index (Phi) is 26.1. The van der Waals surface area contributed by atoms with Gasteiger partial charge in [-0.1, -0.05) is 66.5 Å². The van der Waals surface area contributed by atoms with Crippen molar-refractivity contribution < 1.29 is 79.6 Å². The summed E-state index contributed by atoms with van der Waals surface area (Å²) in [6.45, 7) is 7.63. The van der Waals surface area contributed by atoms with Gasteiger partial charge in [0.15, 0.2) is 0 Å². The number of ether oxygens (including phenoxy) is 6. The summed E-state index contributed by atoms with van der Waals surface area (Å²) in [5, 5.41) is 2.93. The molecule has 2 aliphatic rings. The summed E-state index contributed by atoms with van der Waals surface area (Å²) in [5.41, 5.74) is 5.34. The van der Waals surface area contributed by atoms with Crippen LogP contribution in [0.3, 0.4) is 0 Å². The van der Waals surface area contributed by atoms with Gasteiger partial charge in [-0.05, 0) is 32.6 Å². The predicted octanol–water partition coefficient (Wildman–Crippen LogP) is 4.66. The summed E-state index contributed by atoms with van der Waals surface area (Å²) in [6.07, 6.45) is 9.03. The molecule has 1 amide bonds. The molecule has 0 bridgehead atoms. The minimum Gasteiger partial charge on any atom is -0.379 e. The zero-order chi connectivity index (χ0) is 40.6. The van der Waals surface area contributed by atoms with Crippen molar-refractivity contribution in [1.82, 2.24) is 5.32 Å². The summed E-state index contributed by atoms with van der Waals surface area (Å²) in [5.74, 6) is 0.312. The van der Waals surface area contributed by atoms with Crippen molar-refractivity contribution in [2.45, 2.75) is 108 Å². The summed E-state index contributed by atoms with van der Waals surface area (Å²) >= 11 is 0. The van der Waals surface area contributed by atoms with E-state index in [-0.39, 0.29) is 41.6 Å². The molecule has 7 N–H and O–H groups in total. The molecule has 0 spiro atoms. The predicted molar refractivity (Wildman–Crippen MR) is 207 cm³/mol. The van der Waals surface area contributed by atoms with E-state index in [0.29, 0.717) is 65.8 Å². The maximum atomic E-state index is 12.5. The second kappa shape index (κ2) is 27.9. The van der Waals surface area contributed by atoms with Crippen LogP contribution in [0.1, 0.15) is 84.5 Å². The lowest BCUT2D eigenvalue weighted by molar-refractivity contribution is -0.122. The van der Waals surface area contributed by atoms with Crippen LogP contribution >= 0.6 is 45.1 Å². The second-order valence-electron chi connectivity index (χ2n) is 13.7. The van der Waals surface area contributed by atoms with E-state index in [9.17, 15) is 28.3 Å². The third kappa shape index (κ3) is 26.2. The molecule has 19 nitrogen and oxygen atoms in total. The summed E-state index contributed by atoms with van der Waals surface area (Å²) in [7, 11) is -13.6. The molecule has 0 aromatic rings. The Bertz CT molecular complexity index is 1200. The number of hydrogen-bond donors (Lipinski definition) is 6. The number of hydrogen-bond acceptors (Lipinski definition) is 16. The highest BCUT2D eigenvalue weighted by molar-refractivity contribution is 8.77. The topological polar surface area (TPSA) is 270 Å². The molecule has 1 saturated carbocycles. The first kappa shape index (κ1) is 51.4. The van der Waals surface area contributed by atoms with Gasteiger partial charge in [-0.25, -0.2) is 13.7 Å². The van der Waals surface area contributed by atoms with Gasteiger partial charge in [0.25, 0.3) is 0 Å². The van der Waals surface area contributed by atoms with Gasteiger partial charge in [-0.2, -0.15) is 8.62 Å². The van der Waals surface area contributed by atoms with E-state index in [1.165, 1.54) is 40.9 Å². The fourth-order valence-electron chi connectivity index (χ4n) is 5.80. The summed E-state index contributed by atoms with van der Waals surface area (Å²) in [4.78, 5) is 49.6. The maximum absolute atomic E-state index is 12.5. The van der Waals surface area contributed by atoms with Crippen LogP contribution in [0.5, 0.6) is 0 Å². The van der Waals surface area contributed by atoms with Crippen LogP contribution in [0.4, 0.5) is 0 Å². The number of nitrogens with one attached hydrogen (secondary N) is 1. The van der Waals surface area contributed by atoms with E-state index >= 15 is 0 Å². The SMILES string of the molecule is CC(C)(CNC(=O)CCOCCOCCOCCOCCN)SSCO[C@@H]1C[C@H](C2CCCCCCCCC2)OC1COP(=O)(O)OP(=O)(O)OP(=O)(O)O. The van der Waals surface area contributed by atoms with E-state index in [1.807, 2.05) is 13.8 Å². The van der Waals surface area contributed by atoms with Crippen molar-refractivity contribution in [2.24, 2.45) is 11.7 Å². The lowest BCUT2D eigenvalue weighted by Gasteiger charge is -2.25. The molecule has 326 valence electrons. The quantitative estimate of drug-likeness (QED) is 0.0258. The molecule has 1 aliphatic heterocycles. The molecule has 1 heterocycles. The number of amides is 1. The molecule has 0 radical (unpaired) electrons. The van der Waals surface area contributed by atoms with Crippen LogP contribution in [0.25, 0.3) is 0 Å². The standard InChI is InChI=1S/C31H63N2O17P3S2/c1-31(2,24-33-30(34)12-14-42-16-18-44-20-21-45-19-17-43-15-13-32)55-54-25-46-28-22-27(26-10-8-6-4-3-5-7-9-11-26)48-29(28)23-47-52(38,39)50-53(40,41)49-51(35,36)37/h26-29H,3-25,32H2,1-2H3,(H,33,34)(H,38,39)(H,40,41)(H2,35,36,37)/t27-,28-,29?/m1/s1. The second-order valence-corrected chi connectivity index (χ2v) is 21.1. The fraction of sp³-hybridized carbons (Fsp3) is 0.968. The Hall–Kier alpha value is 0.300. The van der Waals surface area contributed by atoms with Crippen molar-refractivity contribution in [3.05, 3.63) is 0 Å². The van der Waals surface area contributed by atoms with Gasteiger partial charge in [0.2, 0.25) is 5.91 Å². The van der Waals surface area contributed by atoms with E-state index in [0.717, 1.165) is 38.5 Å². The molecule has 5 atom stereocenters. The smallest absolute Gasteiger partial charge is 0.379 e. The van der Waals surface area contributed by atoms with Crippen molar-refractivity contribution in [3.63, 3.8) is 0 Å². The normalized spacial score (nSPS) is 22.9. The molecule has 1 aliphatic carbocycles. The monoisotopic (exact) mass is 892 g/mol. The average molecular weight is 893 g/mol. The average Bonchev–Trinajstić information content (AvgIpc) is 3.50. The van der Waals surface area contributed by atoms with Gasteiger partial charge < -0.3 is 59.0 Å². The van der Waals surface area contributed by atoms with E-state index in [1.54, 1.807) is 0 Å². The molecule has 24 heteroatoms. The number of carbonyl (C=O) groups is 1. The van der Waals surface area contributed by atoms with Gasteiger partial charge in [-0.3, -0.25) is 9.32 Å². The largest absolute Gasteiger partial charge is 0.490 e. The highest BCUT2D eigenvalue weighted by Gasteiger charge is 2.44. The van der Waals surface area contributed by atoms with E-state index in [2.05, 4.69) is 13.9 Å². The van der Waals surface area contributed by atoms with Crippen molar-refractivity contribution in [2.75, 3.05) is 78.5 Å². The molecule has 0 aromatic heterocycles. The molecular weight excluding hydrogens is 829 g/mol. The molecule has 2 rings (SSSR count). The van der Waals surface area contributed by atoms with Crippen LogP contribution in [-0.4, -0.2) is 127 Å². The van der Waals surface area contributed by atoms with E-state index < -0.39 is 42.3 Å². The third-order valence-electron chi connectivity index (χ3n) is 8.40. The van der Waals surface area contributed by atoms with Gasteiger partial charge in [0, 0.05) is 30.7 Å². The Labute approximate surface area is 332 Å². The number of phosphoric acid groups is 3. The minimum absolute atomic E-state index is 0.144. The van der Waals surface area contributed by atoms with Crippen LogP contribution < -0.4 is 11.1 Å². The summed E-state index contributed by atoms with van der Waals surface area (Å²) < 4.78 is 81.6. The Balaban J connectivity index is 1.77. The first-order valence-electron chi connectivity index (χ1n) is 18.6. The van der Waals surface area contributed by atoms with Crippen LogP contribution in [0.2, 0.25) is 0 Å². The molecule has 55 heavy (non-hydrogen) atoms. The molecular formula is C31H63N2O17P3S2. The van der Waals surface area contributed by atoms with Crippen LogP contribution in [0, 0.1) is 5.92 Å². The minimum atomic E-state index is -5.66. The van der Waals surface area contributed by atoms with Crippen molar-refractivity contribution >= 4 is 51.0 Å². The molecule has 3 unspecified atom stereocenters. The summed E-state index contributed by atoms with van der Waals surface area (Å²) in [6, 6.07) is 0. The fourth-order valence-corrected chi connectivity index (χ4v) is 11.0. The van der Waals surface area contributed by atoms with Gasteiger partial charge in [0.05, 0.1) is 71.7 Å².